The maximum Gasteiger partial charge on any atom is 4.00 e. The summed E-state index contributed by atoms with van der Waals surface area (Å²) in [5, 5.41) is 16.9. The predicted octanol–water partition coefficient (Wildman–Crippen LogP) is -0.725. The van der Waals surface area contributed by atoms with Crippen molar-refractivity contribution in [2.24, 2.45) is 5.73 Å². The number of nitrogens with two attached hydrogens (primary N) is 1. The first kappa shape index (κ1) is 46.6. The van der Waals surface area contributed by atoms with Gasteiger partial charge in [-0.25, -0.2) is 16.8 Å². The summed E-state index contributed by atoms with van der Waals surface area (Å²) in [6.45, 7) is 4.10. The van der Waals surface area contributed by atoms with Gasteiger partial charge >= 0.3 is 32.1 Å². The van der Waals surface area contributed by atoms with E-state index in [0.29, 0.717) is 0 Å². The van der Waals surface area contributed by atoms with Crippen LogP contribution in [-0.4, -0.2) is 123 Å². The van der Waals surface area contributed by atoms with Gasteiger partial charge in [0, 0.05) is 26.2 Å². The van der Waals surface area contributed by atoms with E-state index in [1.807, 2.05) is 4.90 Å². The van der Waals surface area contributed by atoms with Crippen molar-refractivity contribution in [1.29, 1.82) is 10.8 Å². The molecule has 0 atom stereocenters. The van der Waals surface area contributed by atoms with Crippen LogP contribution in [0.4, 0.5) is 26.3 Å². The molecule has 0 unspecified atom stereocenters. The van der Waals surface area contributed by atoms with Crippen molar-refractivity contribution in [1.82, 2.24) is 20.0 Å². The summed E-state index contributed by atoms with van der Waals surface area (Å²) in [5.41, 5.74) is -6.19. The van der Waals surface area contributed by atoms with Gasteiger partial charge in [0.05, 0.1) is 0 Å². The second kappa shape index (κ2) is 20.6. The third-order valence-electron chi connectivity index (χ3n) is 3.49. The van der Waals surface area contributed by atoms with Crippen LogP contribution >= 0.6 is 0 Å². The Morgan fingerprint density at radius 1 is 0.842 bits per heavy atom. The molecule has 0 spiro atoms. The van der Waals surface area contributed by atoms with Crippen molar-refractivity contribution < 1.29 is 78.8 Å². The van der Waals surface area contributed by atoms with Crippen LogP contribution in [-0.2, 0) is 41.3 Å². The average Bonchev–Trinajstić information content (AvgIpc) is 2.65. The fourth-order valence-corrected chi connectivity index (χ4v) is 1.72. The van der Waals surface area contributed by atoms with Crippen LogP contribution in [0.5, 0.6) is 0 Å². The molecular formula is C15H33F6N7O7PtS2+2. The Hall–Kier alpha value is -1.29. The van der Waals surface area contributed by atoms with Gasteiger partial charge in [0.1, 0.15) is 0 Å². The number of likely N-dealkylation sites (tertiary alicyclic amines) is 1. The van der Waals surface area contributed by atoms with Gasteiger partial charge in [-0.3, -0.25) is 16.1 Å². The molecule has 38 heavy (non-hydrogen) atoms. The molecule has 1 saturated heterocycles. The van der Waals surface area contributed by atoms with Crippen molar-refractivity contribution in [3.8, 4) is 0 Å². The van der Waals surface area contributed by atoms with Crippen molar-refractivity contribution in [3.05, 3.63) is 0 Å². The summed E-state index contributed by atoms with van der Waals surface area (Å²) in [5.74, 6) is 0.0905. The molecule has 0 radical (unpaired) electrons. The monoisotopic (exact) mass is 796 g/mol. The van der Waals surface area contributed by atoms with Crippen LogP contribution in [0.3, 0.4) is 0 Å². The fourth-order valence-electron chi connectivity index (χ4n) is 1.72. The first-order valence-corrected chi connectivity index (χ1v) is 12.4. The van der Waals surface area contributed by atoms with Gasteiger partial charge in [0.15, 0.2) is 32.2 Å². The van der Waals surface area contributed by atoms with E-state index >= 15 is 0 Å². The molecule has 1 fully saturated rings. The van der Waals surface area contributed by atoms with Gasteiger partial charge in [0.25, 0.3) is 0 Å². The number of piperidine rings is 1. The zero-order chi connectivity index (χ0) is 29.5. The molecule has 0 aliphatic carbocycles. The van der Waals surface area contributed by atoms with Gasteiger partial charge in [0.2, 0.25) is 0 Å². The summed E-state index contributed by atoms with van der Waals surface area (Å²) in [6, 6.07) is 0. The third-order valence-corrected chi connectivity index (χ3v) is 4.62. The van der Waals surface area contributed by atoms with Gasteiger partial charge < -0.3 is 35.0 Å². The first-order chi connectivity index (χ1) is 15.8. The van der Waals surface area contributed by atoms with Crippen LogP contribution in [0, 0.1) is 10.8 Å². The van der Waals surface area contributed by atoms with Crippen molar-refractivity contribution >= 4 is 32.2 Å². The van der Waals surface area contributed by atoms with Crippen LogP contribution < -0.4 is 11.1 Å². The molecular weight excluding hydrogens is 763 g/mol. The van der Waals surface area contributed by atoms with E-state index in [4.69, 9.17) is 42.5 Å². The maximum absolute atomic E-state index is 10.7. The largest absolute Gasteiger partial charge is 4.00 e. The van der Waals surface area contributed by atoms with Crippen molar-refractivity contribution in [2.45, 2.75) is 30.3 Å². The number of nitrogens with zero attached hydrogens (tertiary/aromatic N) is 3. The van der Waals surface area contributed by atoms with Gasteiger partial charge in [-0.2, -0.15) is 26.3 Å². The maximum atomic E-state index is 10.7. The quantitative estimate of drug-likeness (QED) is 0.0913. The molecule has 7 N–H and O–H groups in total. The van der Waals surface area contributed by atoms with Gasteiger partial charge in [-0.05, 0) is 47.5 Å². The molecule has 1 rings (SSSR count). The minimum atomic E-state index is -6.09. The number of nitrogens with one attached hydrogen (secondary N) is 3. The van der Waals surface area contributed by atoms with E-state index in [0.717, 1.165) is 39.0 Å². The third kappa shape index (κ3) is 27.7. The van der Waals surface area contributed by atoms with E-state index in [1.165, 1.54) is 6.42 Å². The van der Waals surface area contributed by atoms with E-state index < -0.39 is 31.3 Å². The van der Waals surface area contributed by atoms with Crippen LogP contribution in [0.2, 0.25) is 0 Å². The summed E-state index contributed by atoms with van der Waals surface area (Å²) in [6.07, 6.45) is 3.49. The number of hydrogen-bond acceptors (Lipinski definition) is 10. The molecule has 0 aromatic rings. The molecule has 0 bridgehead atoms. The van der Waals surface area contributed by atoms with E-state index in [1.54, 1.807) is 0 Å². The topological polar surface area (TPSA) is 241 Å². The molecule has 0 aromatic heterocycles. The number of guanidine groups is 2. The molecule has 14 nitrogen and oxygen atoms in total. The smallest absolute Gasteiger partial charge is 0.741 e. The van der Waals surface area contributed by atoms with Crippen molar-refractivity contribution in [2.75, 3.05) is 54.4 Å². The SMILES string of the molecule is CN(C)CCN(C)C.N=C(N)NC(=N)N1CCCCC1.O.O=S(=O)([O-])C(F)(F)F.O=S(=O)([O-])C(F)(F)F.[Pt+4]. The predicted molar refractivity (Wildman–Crippen MR) is 120 cm³/mol. The van der Waals surface area contributed by atoms with E-state index in [2.05, 4.69) is 43.3 Å². The molecule has 1 aliphatic rings. The summed E-state index contributed by atoms with van der Waals surface area (Å²) >= 11 is 0. The average molecular weight is 797 g/mol. The number of hydrogen-bond donors (Lipinski definition) is 4. The minimum Gasteiger partial charge on any atom is -0.741 e. The second-order valence-corrected chi connectivity index (χ2v) is 10.1. The second-order valence-electron chi connectivity index (χ2n) is 7.34. The van der Waals surface area contributed by atoms with E-state index in [9.17, 15) is 26.3 Å². The Balaban J connectivity index is -0.000000128. The minimum absolute atomic E-state index is 0. The Labute approximate surface area is 232 Å². The number of likely N-dealkylation sites (N-methyl/N-ethyl adjacent to an activating group) is 2. The summed E-state index contributed by atoms with van der Waals surface area (Å²) < 4.78 is 118. The Kier molecular flexibility index (Phi) is 25.2. The van der Waals surface area contributed by atoms with Crippen LogP contribution in [0.1, 0.15) is 19.3 Å². The van der Waals surface area contributed by atoms with Gasteiger partial charge in [-0.15, -0.1) is 0 Å². The van der Waals surface area contributed by atoms with Crippen LogP contribution in [0.25, 0.3) is 0 Å². The normalized spacial score (nSPS) is 13.7. The summed E-state index contributed by atoms with van der Waals surface area (Å²) in [7, 11) is -3.83. The molecule has 1 heterocycles. The first-order valence-electron chi connectivity index (χ1n) is 9.61. The number of alkyl halides is 6. The molecule has 1 aliphatic heterocycles. The number of halogens is 6. The fraction of sp³-hybridized carbons (Fsp3) is 0.867. The standard InChI is InChI=1S/C7H15N5.C6H16N2.2CHF3O3S.H2O.Pt/c8-6(9)11-7(10)12-4-2-1-3-5-12;1-7(2)5-6-8(3)4;2*2-1(3,4)8(5,6)7;;/h1-5H2,(H5,8,9,10,11);5-6H2,1-4H3;2*(H,5,6,7);1H2;/q;;;;;+4/p-2. The molecule has 0 amide bonds. The zero-order valence-electron chi connectivity index (χ0n) is 20.7. The Bertz CT molecular complexity index is 818. The van der Waals surface area contributed by atoms with Gasteiger partial charge in [-0.1, -0.05) is 0 Å². The van der Waals surface area contributed by atoms with Crippen molar-refractivity contribution in [3.63, 3.8) is 0 Å². The zero-order valence-corrected chi connectivity index (χ0v) is 24.6. The molecule has 0 aromatic carbocycles. The molecule has 0 saturated carbocycles. The molecule has 23 heteroatoms. The summed E-state index contributed by atoms with van der Waals surface area (Å²) in [4.78, 5) is 6.27. The Morgan fingerprint density at radius 3 is 1.29 bits per heavy atom. The van der Waals surface area contributed by atoms with E-state index in [-0.39, 0.29) is 38.5 Å². The van der Waals surface area contributed by atoms with Crippen LogP contribution in [0.15, 0.2) is 0 Å². The number of rotatable bonds is 3. The molecule has 232 valence electrons. The Morgan fingerprint density at radius 2 is 1.11 bits per heavy atom.